The van der Waals surface area contributed by atoms with Crippen LogP contribution in [0.5, 0.6) is 0 Å². The number of aromatic amines is 1. The molecule has 0 bridgehead atoms. The molecule has 0 saturated carbocycles. The van der Waals surface area contributed by atoms with Crippen LogP contribution >= 0.6 is 11.3 Å². The zero-order chi connectivity index (χ0) is 13.0. The van der Waals surface area contributed by atoms with Crippen LogP contribution in [-0.4, -0.2) is 16.5 Å². The number of nitrogens with one attached hydrogen (secondary N) is 2. The van der Waals surface area contributed by atoms with Crippen molar-refractivity contribution in [1.82, 2.24) is 15.3 Å². The van der Waals surface area contributed by atoms with E-state index in [-0.39, 0.29) is 5.56 Å². The molecule has 0 fully saturated rings. The molecule has 2 aromatic heterocycles. The first-order valence-corrected chi connectivity index (χ1v) is 6.98. The van der Waals surface area contributed by atoms with Crippen LogP contribution in [0.4, 0.5) is 0 Å². The van der Waals surface area contributed by atoms with Crippen molar-refractivity contribution < 1.29 is 0 Å². The molecule has 2 aromatic rings. The molecule has 4 nitrogen and oxygen atoms in total. The fraction of sp³-hybridized carbons (Fsp3) is 0.385. The second-order valence-electron chi connectivity index (χ2n) is 4.23. The van der Waals surface area contributed by atoms with E-state index in [0.717, 1.165) is 24.1 Å². The van der Waals surface area contributed by atoms with Crippen LogP contribution in [0, 0.1) is 6.92 Å². The van der Waals surface area contributed by atoms with Gasteiger partial charge in [0.05, 0.1) is 0 Å². The van der Waals surface area contributed by atoms with Gasteiger partial charge in [-0.3, -0.25) is 4.79 Å². The van der Waals surface area contributed by atoms with Crippen molar-refractivity contribution in [2.24, 2.45) is 0 Å². The summed E-state index contributed by atoms with van der Waals surface area (Å²) in [5.41, 5.74) is 2.76. The molecule has 0 unspecified atom stereocenters. The minimum atomic E-state index is -0.0609. The summed E-state index contributed by atoms with van der Waals surface area (Å²) in [7, 11) is 0. The minimum Gasteiger partial charge on any atom is -0.312 e. The van der Waals surface area contributed by atoms with Crippen LogP contribution < -0.4 is 10.9 Å². The SMILES string of the molecule is CCCNCc1cnc(-c2cscc2C)[nH]c1=O. The maximum Gasteiger partial charge on any atom is 0.255 e. The number of hydrogen-bond acceptors (Lipinski definition) is 4. The van der Waals surface area contributed by atoms with E-state index >= 15 is 0 Å². The Balaban J connectivity index is 2.20. The van der Waals surface area contributed by atoms with Gasteiger partial charge in [-0.15, -0.1) is 0 Å². The molecule has 0 saturated heterocycles. The van der Waals surface area contributed by atoms with Gasteiger partial charge in [0.25, 0.3) is 5.56 Å². The predicted octanol–water partition coefficient (Wildman–Crippen LogP) is 2.31. The molecule has 18 heavy (non-hydrogen) atoms. The molecular weight excluding hydrogens is 246 g/mol. The third-order valence-corrected chi connectivity index (χ3v) is 3.59. The highest BCUT2D eigenvalue weighted by Gasteiger charge is 2.07. The zero-order valence-corrected chi connectivity index (χ0v) is 11.4. The van der Waals surface area contributed by atoms with E-state index in [4.69, 9.17) is 0 Å². The first kappa shape index (κ1) is 13.0. The Morgan fingerprint density at radius 1 is 1.44 bits per heavy atom. The maximum atomic E-state index is 11.9. The molecule has 0 atom stereocenters. The smallest absolute Gasteiger partial charge is 0.255 e. The average Bonchev–Trinajstić information content (AvgIpc) is 2.78. The third kappa shape index (κ3) is 2.86. The van der Waals surface area contributed by atoms with Crippen LogP contribution in [0.15, 0.2) is 21.8 Å². The molecule has 0 spiro atoms. The summed E-state index contributed by atoms with van der Waals surface area (Å²) >= 11 is 1.61. The largest absolute Gasteiger partial charge is 0.312 e. The van der Waals surface area contributed by atoms with Crippen LogP contribution in [-0.2, 0) is 6.54 Å². The molecule has 0 aliphatic carbocycles. The average molecular weight is 263 g/mol. The first-order chi connectivity index (χ1) is 8.72. The van der Waals surface area contributed by atoms with Crippen molar-refractivity contribution in [3.8, 4) is 11.4 Å². The van der Waals surface area contributed by atoms with Gasteiger partial charge in [0.15, 0.2) is 0 Å². The summed E-state index contributed by atoms with van der Waals surface area (Å²) in [6.07, 6.45) is 2.71. The molecule has 0 aliphatic heterocycles. The van der Waals surface area contributed by atoms with Crippen molar-refractivity contribution in [2.75, 3.05) is 6.54 Å². The van der Waals surface area contributed by atoms with E-state index < -0.39 is 0 Å². The molecule has 0 aliphatic rings. The fourth-order valence-electron chi connectivity index (χ4n) is 1.69. The Labute approximate surface area is 110 Å². The Hall–Kier alpha value is -1.46. The summed E-state index contributed by atoms with van der Waals surface area (Å²) in [5, 5.41) is 7.25. The lowest BCUT2D eigenvalue weighted by molar-refractivity contribution is 0.668. The van der Waals surface area contributed by atoms with Gasteiger partial charge in [-0.1, -0.05) is 6.92 Å². The van der Waals surface area contributed by atoms with E-state index in [0.29, 0.717) is 17.9 Å². The Morgan fingerprint density at radius 2 is 2.28 bits per heavy atom. The van der Waals surface area contributed by atoms with Crippen LogP contribution in [0.25, 0.3) is 11.4 Å². The lowest BCUT2D eigenvalue weighted by Gasteiger charge is -2.04. The maximum absolute atomic E-state index is 11.9. The van der Waals surface area contributed by atoms with Gasteiger partial charge in [0.1, 0.15) is 5.82 Å². The van der Waals surface area contributed by atoms with E-state index in [1.54, 1.807) is 17.5 Å². The zero-order valence-electron chi connectivity index (χ0n) is 10.6. The van der Waals surface area contributed by atoms with Crippen LogP contribution in [0.2, 0.25) is 0 Å². The highest BCUT2D eigenvalue weighted by atomic mass is 32.1. The second kappa shape index (κ2) is 5.93. The molecule has 5 heteroatoms. The summed E-state index contributed by atoms with van der Waals surface area (Å²) in [6, 6.07) is 0. The first-order valence-electron chi connectivity index (χ1n) is 6.04. The summed E-state index contributed by atoms with van der Waals surface area (Å²) in [4.78, 5) is 19.1. The monoisotopic (exact) mass is 263 g/mol. The van der Waals surface area contributed by atoms with Crippen LogP contribution in [0.1, 0.15) is 24.5 Å². The minimum absolute atomic E-state index is 0.0609. The standard InChI is InChI=1S/C13H17N3OS/c1-3-4-14-5-10-6-15-12(16-13(10)17)11-8-18-7-9(11)2/h6-8,14H,3-5H2,1-2H3,(H,15,16,17). The Morgan fingerprint density at radius 3 is 2.89 bits per heavy atom. The fourth-order valence-corrected chi connectivity index (χ4v) is 2.52. The van der Waals surface area contributed by atoms with Crippen molar-refractivity contribution >= 4 is 11.3 Å². The molecular formula is C13H17N3OS. The van der Waals surface area contributed by atoms with Gasteiger partial charge in [-0.05, 0) is 30.8 Å². The van der Waals surface area contributed by atoms with Gasteiger partial charge < -0.3 is 10.3 Å². The highest BCUT2D eigenvalue weighted by molar-refractivity contribution is 7.08. The normalized spacial score (nSPS) is 10.8. The Kier molecular flexibility index (Phi) is 4.28. The van der Waals surface area contributed by atoms with Gasteiger partial charge in [-0.25, -0.2) is 4.98 Å². The molecule has 2 N–H and O–H groups in total. The molecule has 0 radical (unpaired) electrons. The van der Waals surface area contributed by atoms with Gasteiger partial charge in [0, 0.05) is 29.2 Å². The third-order valence-electron chi connectivity index (χ3n) is 2.73. The van der Waals surface area contributed by atoms with Crippen molar-refractivity contribution in [1.29, 1.82) is 0 Å². The summed E-state index contributed by atoms with van der Waals surface area (Å²) in [5.74, 6) is 0.651. The summed E-state index contributed by atoms with van der Waals surface area (Å²) in [6.45, 7) is 5.59. The molecule has 96 valence electrons. The van der Waals surface area contributed by atoms with Crippen LogP contribution in [0.3, 0.4) is 0 Å². The van der Waals surface area contributed by atoms with E-state index in [1.807, 2.05) is 17.7 Å². The van der Waals surface area contributed by atoms with Crippen molar-refractivity contribution in [2.45, 2.75) is 26.8 Å². The second-order valence-corrected chi connectivity index (χ2v) is 4.97. The number of rotatable bonds is 5. The number of H-pyrrole nitrogens is 1. The van der Waals surface area contributed by atoms with Gasteiger partial charge in [0.2, 0.25) is 0 Å². The molecule has 2 heterocycles. The quantitative estimate of drug-likeness (QED) is 0.814. The van der Waals surface area contributed by atoms with Crippen molar-refractivity contribution in [3.05, 3.63) is 38.4 Å². The topological polar surface area (TPSA) is 57.8 Å². The van der Waals surface area contributed by atoms with Crippen molar-refractivity contribution in [3.63, 3.8) is 0 Å². The van der Waals surface area contributed by atoms with E-state index in [9.17, 15) is 4.79 Å². The van der Waals surface area contributed by atoms with Gasteiger partial charge in [-0.2, -0.15) is 11.3 Å². The molecule has 2 rings (SSSR count). The molecule has 0 aromatic carbocycles. The van der Waals surface area contributed by atoms with Gasteiger partial charge >= 0.3 is 0 Å². The number of aromatic nitrogens is 2. The number of hydrogen-bond donors (Lipinski definition) is 2. The summed E-state index contributed by atoms with van der Waals surface area (Å²) < 4.78 is 0. The molecule has 0 amide bonds. The number of thiophene rings is 1. The van der Waals surface area contributed by atoms with E-state index in [1.165, 1.54) is 0 Å². The lowest BCUT2D eigenvalue weighted by Crippen LogP contribution is -2.22. The van der Waals surface area contributed by atoms with E-state index in [2.05, 4.69) is 22.2 Å². The lowest BCUT2D eigenvalue weighted by atomic mass is 10.2. The Bertz CT molecular complexity index is 574. The number of aryl methyl sites for hydroxylation is 1. The number of nitrogens with zero attached hydrogens (tertiary/aromatic N) is 1. The highest BCUT2D eigenvalue weighted by Crippen LogP contribution is 2.22. The predicted molar refractivity (Wildman–Crippen MR) is 74.9 cm³/mol.